The molecule has 1 aliphatic rings. The molecule has 0 saturated carbocycles. The second-order valence-corrected chi connectivity index (χ2v) is 5.46. The molecular formula is C13H18N2O2S. The van der Waals surface area contributed by atoms with Gasteiger partial charge in [-0.25, -0.2) is 0 Å². The van der Waals surface area contributed by atoms with E-state index in [2.05, 4.69) is 10.6 Å². The summed E-state index contributed by atoms with van der Waals surface area (Å²) >= 11 is 1.43. The predicted molar refractivity (Wildman–Crippen MR) is 71.9 cm³/mol. The Bertz CT molecular complexity index is 397. The monoisotopic (exact) mass is 266 g/mol. The summed E-state index contributed by atoms with van der Waals surface area (Å²) in [5.41, 5.74) is 0. The molecule has 2 rings (SSSR count). The Balaban J connectivity index is 1.69. The summed E-state index contributed by atoms with van der Waals surface area (Å²) in [5.74, 6) is 0.0375. The average Bonchev–Trinajstić information content (AvgIpc) is 2.91. The lowest BCUT2D eigenvalue weighted by molar-refractivity contribution is -0.121. The van der Waals surface area contributed by atoms with Crippen LogP contribution in [0.15, 0.2) is 17.5 Å². The standard InChI is InChI=1S/C13H18N2O2S/c16-11(12-4-2-8-18-12)5-6-13(17)15-10-3-1-7-14-9-10/h2,4,8,10,14H,1,3,5-7,9H2,(H,15,17). The minimum atomic E-state index is -0.0198. The van der Waals surface area contributed by atoms with Crippen LogP contribution in [0.5, 0.6) is 0 Å². The number of amides is 1. The maximum absolute atomic E-state index is 11.7. The number of carbonyl (C=O) groups is 2. The van der Waals surface area contributed by atoms with Gasteiger partial charge in [-0.1, -0.05) is 6.07 Å². The summed E-state index contributed by atoms with van der Waals surface area (Å²) in [6, 6.07) is 3.88. The van der Waals surface area contributed by atoms with Crippen LogP contribution in [0, 0.1) is 0 Å². The summed E-state index contributed by atoms with van der Waals surface area (Å²) in [6.45, 7) is 1.87. The largest absolute Gasteiger partial charge is 0.352 e. The SMILES string of the molecule is O=C(CCC(=O)c1cccs1)NC1CCCNC1. The Labute approximate surface area is 111 Å². The number of carbonyl (C=O) groups excluding carboxylic acids is 2. The molecule has 0 radical (unpaired) electrons. The van der Waals surface area contributed by atoms with Gasteiger partial charge in [-0.15, -0.1) is 11.3 Å². The Morgan fingerprint density at radius 3 is 3.00 bits per heavy atom. The fourth-order valence-corrected chi connectivity index (χ4v) is 2.76. The smallest absolute Gasteiger partial charge is 0.220 e. The first kappa shape index (κ1) is 13.2. The van der Waals surface area contributed by atoms with Gasteiger partial charge in [0.2, 0.25) is 5.91 Å². The van der Waals surface area contributed by atoms with E-state index in [1.807, 2.05) is 11.4 Å². The molecule has 98 valence electrons. The first-order valence-corrected chi connectivity index (χ1v) is 7.20. The quantitative estimate of drug-likeness (QED) is 0.796. The second kappa shape index (κ2) is 6.66. The third-order valence-electron chi connectivity index (χ3n) is 3.04. The van der Waals surface area contributed by atoms with Crippen molar-refractivity contribution >= 4 is 23.0 Å². The molecule has 5 heteroatoms. The van der Waals surface area contributed by atoms with Gasteiger partial charge in [0.25, 0.3) is 0 Å². The molecular weight excluding hydrogens is 248 g/mol. The highest BCUT2D eigenvalue weighted by atomic mass is 32.1. The number of nitrogens with one attached hydrogen (secondary N) is 2. The summed E-state index contributed by atoms with van der Waals surface area (Å²) in [5, 5.41) is 8.09. The van der Waals surface area contributed by atoms with Gasteiger partial charge in [0.15, 0.2) is 5.78 Å². The van der Waals surface area contributed by atoms with E-state index in [0.29, 0.717) is 6.42 Å². The number of ketones is 1. The summed E-state index contributed by atoms with van der Waals surface area (Å²) in [4.78, 5) is 24.2. The van der Waals surface area contributed by atoms with Gasteiger partial charge in [-0.2, -0.15) is 0 Å². The van der Waals surface area contributed by atoms with Crippen molar-refractivity contribution in [3.63, 3.8) is 0 Å². The van der Waals surface area contributed by atoms with E-state index in [0.717, 1.165) is 30.8 Å². The molecule has 1 fully saturated rings. The summed E-state index contributed by atoms with van der Waals surface area (Å²) < 4.78 is 0. The van der Waals surface area contributed by atoms with E-state index in [4.69, 9.17) is 0 Å². The molecule has 0 spiro atoms. The molecule has 18 heavy (non-hydrogen) atoms. The average molecular weight is 266 g/mol. The van der Waals surface area contributed by atoms with Gasteiger partial charge >= 0.3 is 0 Å². The Kier molecular flexibility index (Phi) is 4.90. The predicted octanol–water partition coefficient (Wildman–Crippen LogP) is 1.58. The third kappa shape index (κ3) is 3.92. The van der Waals surface area contributed by atoms with Gasteiger partial charge < -0.3 is 10.6 Å². The molecule has 1 atom stereocenters. The van der Waals surface area contributed by atoms with Crippen molar-refractivity contribution in [2.75, 3.05) is 13.1 Å². The number of Topliss-reactive ketones (excluding diaryl/α,β-unsaturated/α-hetero) is 1. The zero-order valence-electron chi connectivity index (χ0n) is 10.3. The van der Waals surface area contributed by atoms with E-state index >= 15 is 0 Å². The van der Waals surface area contributed by atoms with Crippen LogP contribution in [0.4, 0.5) is 0 Å². The van der Waals surface area contributed by atoms with E-state index in [1.54, 1.807) is 6.07 Å². The van der Waals surface area contributed by atoms with Crippen molar-refractivity contribution in [2.24, 2.45) is 0 Å². The molecule has 4 nitrogen and oxygen atoms in total. The van der Waals surface area contributed by atoms with Crippen LogP contribution in [0.1, 0.15) is 35.4 Å². The Hall–Kier alpha value is -1.20. The highest BCUT2D eigenvalue weighted by molar-refractivity contribution is 7.12. The van der Waals surface area contributed by atoms with E-state index < -0.39 is 0 Å². The van der Waals surface area contributed by atoms with Crippen molar-refractivity contribution < 1.29 is 9.59 Å². The van der Waals surface area contributed by atoms with Crippen molar-refractivity contribution in [3.05, 3.63) is 22.4 Å². The summed E-state index contributed by atoms with van der Waals surface area (Å²) in [7, 11) is 0. The molecule has 1 aromatic heterocycles. The molecule has 0 aromatic carbocycles. The zero-order valence-corrected chi connectivity index (χ0v) is 11.1. The van der Waals surface area contributed by atoms with Crippen molar-refractivity contribution in [2.45, 2.75) is 31.7 Å². The van der Waals surface area contributed by atoms with E-state index in [1.165, 1.54) is 11.3 Å². The Morgan fingerprint density at radius 1 is 1.44 bits per heavy atom. The minimum Gasteiger partial charge on any atom is -0.352 e. The lowest BCUT2D eigenvalue weighted by atomic mass is 10.1. The molecule has 2 N–H and O–H groups in total. The highest BCUT2D eigenvalue weighted by Crippen LogP contribution is 2.12. The maximum Gasteiger partial charge on any atom is 0.220 e. The molecule has 1 aromatic rings. The van der Waals surface area contributed by atoms with Gasteiger partial charge in [-0.3, -0.25) is 9.59 Å². The number of hydrogen-bond acceptors (Lipinski definition) is 4. The van der Waals surface area contributed by atoms with Crippen molar-refractivity contribution in [1.29, 1.82) is 0 Å². The Morgan fingerprint density at radius 2 is 2.33 bits per heavy atom. The number of piperidine rings is 1. The topological polar surface area (TPSA) is 58.2 Å². The van der Waals surface area contributed by atoms with E-state index in [9.17, 15) is 9.59 Å². The minimum absolute atomic E-state index is 0.0198. The molecule has 2 heterocycles. The van der Waals surface area contributed by atoms with E-state index in [-0.39, 0.29) is 24.2 Å². The number of rotatable bonds is 5. The van der Waals surface area contributed by atoms with Gasteiger partial charge in [0.05, 0.1) is 4.88 Å². The molecule has 1 amide bonds. The van der Waals surface area contributed by atoms with Crippen LogP contribution in [0.3, 0.4) is 0 Å². The first-order chi connectivity index (χ1) is 8.75. The normalized spacial score (nSPS) is 19.4. The van der Waals surface area contributed by atoms with Crippen LogP contribution in [0.25, 0.3) is 0 Å². The maximum atomic E-state index is 11.7. The van der Waals surface area contributed by atoms with Crippen molar-refractivity contribution in [3.8, 4) is 0 Å². The van der Waals surface area contributed by atoms with Gasteiger partial charge in [0.1, 0.15) is 0 Å². The first-order valence-electron chi connectivity index (χ1n) is 6.32. The molecule has 1 saturated heterocycles. The van der Waals surface area contributed by atoms with Crippen molar-refractivity contribution in [1.82, 2.24) is 10.6 Å². The summed E-state index contributed by atoms with van der Waals surface area (Å²) in [6.07, 6.45) is 2.70. The number of thiophene rings is 1. The molecule has 1 unspecified atom stereocenters. The van der Waals surface area contributed by atoms with Crippen LogP contribution in [-0.2, 0) is 4.79 Å². The van der Waals surface area contributed by atoms with Crippen LogP contribution >= 0.6 is 11.3 Å². The fourth-order valence-electron chi connectivity index (χ4n) is 2.06. The third-order valence-corrected chi connectivity index (χ3v) is 3.95. The van der Waals surface area contributed by atoms with Crippen LogP contribution in [0.2, 0.25) is 0 Å². The van der Waals surface area contributed by atoms with Crippen LogP contribution < -0.4 is 10.6 Å². The molecule has 0 aliphatic carbocycles. The second-order valence-electron chi connectivity index (χ2n) is 4.51. The van der Waals surface area contributed by atoms with Crippen LogP contribution in [-0.4, -0.2) is 30.8 Å². The zero-order chi connectivity index (χ0) is 12.8. The number of hydrogen-bond donors (Lipinski definition) is 2. The van der Waals surface area contributed by atoms with Gasteiger partial charge in [0, 0.05) is 25.4 Å². The lowest BCUT2D eigenvalue weighted by Gasteiger charge is -2.23. The van der Waals surface area contributed by atoms with Gasteiger partial charge in [-0.05, 0) is 30.8 Å². The molecule has 0 bridgehead atoms. The lowest BCUT2D eigenvalue weighted by Crippen LogP contribution is -2.45. The fraction of sp³-hybridized carbons (Fsp3) is 0.538. The highest BCUT2D eigenvalue weighted by Gasteiger charge is 2.16. The molecule has 1 aliphatic heterocycles.